The lowest BCUT2D eigenvalue weighted by atomic mass is 9.81. The number of hydrogen-bond acceptors (Lipinski definition) is 3. The first-order chi connectivity index (χ1) is 13.6. The first-order valence-electron chi connectivity index (χ1n) is 9.46. The molecule has 4 nitrogen and oxygen atoms in total. The maximum atomic E-state index is 12.9. The highest BCUT2D eigenvalue weighted by Gasteiger charge is 2.42. The third-order valence-corrected chi connectivity index (χ3v) is 6.97. The van der Waals surface area contributed by atoms with Crippen LogP contribution in [0.25, 0.3) is 11.1 Å². The van der Waals surface area contributed by atoms with Crippen molar-refractivity contribution in [3.63, 3.8) is 0 Å². The van der Waals surface area contributed by atoms with E-state index in [4.69, 9.17) is 5.14 Å². The molecule has 1 saturated carbocycles. The lowest BCUT2D eigenvalue weighted by molar-refractivity contribution is -0.137. The van der Waals surface area contributed by atoms with Gasteiger partial charge >= 0.3 is 6.18 Å². The highest BCUT2D eigenvalue weighted by molar-refractivity contribution is 7.89. The Balaban J connectivity index is 1.76. The van der Waals surface area contributed by atoms with Crippen LogP contribution >= 0.6 is 0 Å². The Morgan fingerprint density at radius 3 is 2.07 bits per heavy atom. The van der Waals surface area contributed by atoms with Crippen LogP contribution in [-0.2, 0) is 16.2 Å². The average Bonchev–Trinajstić information content (AvgIpc) is 3.28. The molecular weight excluding hydrogens is 401 g/mol. The molecular formula is C21H21F3N2O2S. The van der Waals surface area contributed by atoms with Crippen molar-refractivity contribution in [2.45, 2.75) is 49.6 Å². The van der Waals surface area contributed by atoms with Crippen molar-refractivity contribution < 1.29 is 21.6 Å². The summed E-state index contributed by atoms with van der Waals surface area (Å²) in [6, 6.07) is 8.31. The maximum Gasteiger partial charge on any atom is 0.416 e. The minimum Gasteiger partial charge on any atom is -0.255 e. The average molecular weight is 422 g/mol. The number of rotatable bonds is 3. The van der Waals surface area contributed by atoms with Gasteiger partial charge in [0, 0.05) is 6.20 Å². The van der Waals surface area contributed by atoms with Crippen molar-refractivity contribution >= 4 is 21.2 Å². The zero-order chi connectivity index (χ0) is 20.9. The normalized spacial score (nSPS) is 19.3. The van der Waals surface area contributed by atoms with Crippen LogP contribution in [0.2, 0.25) is 0 Å². The fraction of sp³-hybridized carbons (Fsp3) is 0.381. The first kappa shape index (κ1) is 20.1. The Morgan fingerprint density at radius 1 is 0.931 bits per heavy atom. The van der Waals surface area contributed by atoms with Gasteiger partial charge in [0.05, 0.1) is 11.3 Å². The number of nitrogens with zero attached hydrogens (tertiary/aromatic N) is 1. The molecule has 8 heteroatoms. The molecule has 29 heavy (non-hydrogen) atoms. The lowest BCUT2D eigenvalue weighted by Gasteiger charge is -2.23. The van der Waals surface area contributed by atoms with Crippen LogP contribution in [0.3, 0.4) is 0 Å². The molecule has 2 aliphatic carbocycles. The van der Waals surface area contributed by atoms with Gasteiger partial charge in [-0.25, -0.2) is 13.6 Å². The second kappa shape index (κ2) is 6.95. The molecule has 2 aliphatic rings. The molecule has 0 aliphatic heterocycles. The number of sulfonamides is 1. The number of allylic oxidation sites excluding steroid dienone is 2. The molecule has 0 unspecified atom stereocenters. The minimum absolute atomic E-state index is 0.0634. The van der Waals surface area contributed by atoms with Crippen LogP contribution in [-0.4, -0.2) is 13.4 Å². The summed E-state index contributed by atoms with van der Waals surface area (Å²) in [6.07, 6.45) is 2.91. The van der Waals surface area contributed by atoms with Crippen molar-refractivity contribution in [2.24, 2.45) is 10.6 Å². The van der Waals surface area contributed by atoms with Crippen molar-refractivity contribution in [1.82, 2.24) is 4.98 Å². The third kappa shape index (κ3) is 3.96. The quantitative estimate of drug-likeness (QED) is 0.755. The molecule has 1 aromatic carbocycles. The van der Waals surface area contributed by atoms with Crippen LogP contribution in [0, 0.1) is 5.41 Å². The molecule has 1 aromatic heterocycles. The van der Waals surface area contributed by atoms with Gasteiger partial charge in [0.15, 0.2) is 0 Å². The Kier molecular flexibility index (Phi) is 4.82. The summed E-state index contributed by atoms with van der Waals surface area (Å²) in [5.74, 6) is 0. The van der Waals surface area contributed by atoms with E-state index in [2.05, 4.69) is 4.98 Å². The summed E-state index contributed by atoms with van der Waals surface area (Å²) >= 11 is 0. The largest absolute Gasteiger partial charge is 0.416 e. The highest BCUT2D eigenvalue weighted by atomic mass is 32.2. The van der Waals surface area contributed by atoms with E-state index in [1.54, 1.807) is 6.07 Å². The Morgan fingerprint density at radius 2 is 1.55 bits per heavy atom. The van der Waals surface area contributed by atoms with E-state index in [-0.39, 0.29) is 10.3 Å². The summed E-state index contributed by atoms with van der Waals surface area (Å²) in [4.78, 5) is 4.25. The highest BCUT2D eigenvalue weighted by Crippen LogP contribution is 2.57. The van der Waals surface area contributed by atoms with E-state index < -0.39 is 21.8 Å². The van der Waals surface area contributed by atoms with Crippen LogP contribution in [0.15, 0.2) is 47.5 Å². The fourth-order valence-electron chi connectivity index (χ4n) is 4.61. The second-order valence-electron chi connectivity index (χ2n) is 8.02. The van der Waals surface area contributed by atoms with Gasteiger partial charge in [0.2, 0.25) is 10.0 Å². The molecule has 1 spiro atoms. The zero-order valence-electron chi connectivity index (χ0n) is 15.7. The molecule has 0 radical (unpaired) electrons. The number of primary sulfonamides is 1. The number of benzene rings is 1. The molecule has 0 saturated heterocycles. The number of halogens is 3. The molecule has 1 heterocycles. The van der Waals surface area contributed by atoms with Gasteiger partial charge in [-0.2, -0.15) is 13.2 Å². The van der Waals surface area contributed by atoms with Crippen molar-refractivity contribution in [2.75, 3.05) is 0 Å². The van der Waals surface area contributed by atoms with Crippen LogP contribution in [0.4, 0.5) is 13.2 Å². The molecule has 2 aromatic rings. The standard InChI is InChI=1S/C21H21F3N2O2S/c22-21(23,24)15-5-3-14(4-6-15)17-11-20(9-1-2-10-20)12-18(17)19-8-7-16(13-26-19)29(25,27)28/h3-8,13H,1-2,9-12H2,(H2,25,27,28). The Bertz CT molecular complexity index is 1050. The number of aromatic nitrogens is 1. The van der Waals surface area contributed by atoms with E-state index in [1.807, 2.05) is 0 Å². The fourth-order valence-corrected chi connectivity index (χ4v) is 5.07. The topological polar surface area (TPSA) is 73.1 Å². The second-order valence-corrected chi connectivity index (χ2v) is 9.58. The smallest absolute Gasteiger partial charge is 0.255 e. The maximum absolute atomic E-state index is 12.9. The van der Waals surface area contributed by atoms with Crippen molar-refractivity contribution in [3.8, 4) is 0 Å². The summed E-state index contributed by atoms with van der Waals surface area (Å²) in [6.45, 7) is 0. The Labute approximate surface area is 167 Å². The van der Waals surface area contributed by atoms with Crippen LogP contribution < -0.4 is 5.14 Å². The lowest BCUT2D eigenvalue weighted by Crippen LogP contribution is -2.13. The van der Waals surface area contributed by atoms with Gasteiger partial charge in [-0.1, -0.05) is 25.0 Å². The Hall–Kier alpha value is -2.19. The van der Waals surface area contributed by atoms with Gasteiger partial charge in [0.1, 0.15) is 4.90 Å². The summed E-state index contributed by atoms with van der Waals surface area (Å²) in [5.41, 5.74) is 2.83. The van der Waals surface area contributed by atoms with E-state index in [0.29, 0.717) is 5.69 Å². The zero-order valence-corrected chi connectivity index (χ0v) is 16.5. The van der Waals surface area contributed by atoms with Crippen LogP contribution in [0.1, 0.15) is 55.3 Å². The first-order valence-corrected chi connectivity index (χ1v) is 11.0. The molecule has 1 fully saturated rings. The summed E-state index contributed by atoms with van der Waals surface area (Å²) in [5, 5.41) is 5.15. The van der Waals surface area contributed by atoms with E-state index in [9.17, 15) is 21.6 Å². The predicted octanol–water partition coefficient (Wildman–Crippen LogP) is 5.01. The number of pyridine rings is 1. The summed E-state index contributed by atoms with van der Waals surface area (Å²) in [7, 11) is -3.83. The summed E-state index contributed by atoms with van der Waals surface area (Å²) < 4.78 is 61.8. The minimum atomic E-state index is -4.37. The van der Waals surface area contributed by atoms with Gasteiger partial charge in [-0.15, -0.1) is 0 Å². The number of hydrogen-bond donors (Lipinski definition) is 1. The monoisotopic (exact) mass is 422 g/mol. The van der Waals surface area contributed by atoms with Gasteiger partial charge in [-0.05, 0) is 72.1 Å². The molecule has 2 N–H and O–H groups in total. The molecule has 154 valence electrons. The third-order valence-electron chi connectivity index (χ3n) is 6.07. The van der Waals surface area contributed by atoms with Crippen molar-refractivity contribution in [3.05, 3.63) is 59.4 Å². The molecule has 4 rings (SSSR count). The van der Waals surface area contributed by atoms with Crippen LogP contribution in [0.5, 0.6) is 0 Å². The SMILES string of the molecule is NS(=O)(=O)c1ccc(C2=C(c3ccc(C(F)(F)F)cc3)CC3(CCCC3)C2)nc1. The predicted molar refractivity (Wildman–Crippen MR) is 104 cm³/mol. The van der Waals surface area contributed by atoms with E-state index >= 15 is 0 Å². The number of alkyl halides is 3. The van der Waals surface area contributed by atoms with Gasteiger partial charge < -0.3 is 0 Å². The van der Waals surface area contributed by atoms with Gasteiger partial charge in [0.25, 0.3) is 0 Å². The van der Waals surface area contributed by atoms with Crippen molar-refractivity contribution in [1.29, 1.82) is 0 Å². The van der Waals surface area contributed by atoms with E-state index in [0.717, 1.165) is 67.4 Å². The molecule has 0 amide bonds. The molecule has 0 atom stereocenters. The molecule has 0 bridgehead atoms. The number of nitrogens with two attached hydrogens (primary N) is 1. The van der Waals surface area contributed by atoms with E-state index in [1.165, 1.54) is 24.4 Å². The van der Waals surface area contributed by atoms with Gasteiger partial charge in [-0.3, -0.25) is 4.98 Å².